The Bertz CT molecular complexity index is 2880. The van der Waals surface area contributed by atoms with Crippen LogP contribution in [0.25, 0.3) is 0 Å². The molecule has 418 valence electrons. The van der Waals surface area contributed by atoms with Crippen LogP contribution in [0.2, 0.25) is 0 Å². The van der Waals surface area contributed by atoms with Gasteiger partial charge in [0.05, 0.1) is 52.9 Å². The highest BCUT2D eigenvalue weighted by atomic mass is 16.6. The van der Waals surface area contributed by atoms with Gasteiger partial charge in [0, 0.05) is 37.7 Å². The summed E-state index contributed by atoms with van der Waals surface area (Å²) in [7, 11) is 0. The summed E-state index contributed by atoms with van der Waals surface area (Å²) >= 11 is 0. The number of allylic oxidation sites excluding steroid dienone is 1. The van der Waals surface area contributed by atoms with Crippen LogP contribution >= 0.6 is 0 Å². The van der Waals surface area contributed by atoms with Crippen molar-refractivity contribution in [2.75, 3.05) is 66.1 Å². The first-order valence-corrected chi connectivity index (χ1v) is 28.0. The molecule has 0 saturated heterocycles. The van der Waals surface area contributed by atoms with Crippen LogP contribution in [0.15, 0.2) is 77.1 Å². The summed E-state index contributed by atoms with van der Waals surface area (Å²) < 4.78 is 44.4. The number of ether oxygens (including phenoxy) is 7. The van der Waals surface area contributed by atoms with Gasteiger partial charge in [0.2, 0.25) is 0 Å². The molecule has 0 fully saturated rings. The van der Waals surface area contributed by atoms with Crippen molar-refractivity contribution in [2.45, 2.75) is 171 Å². The minimum absolute atomic E-state index is 0.179. The molecule has 0 aromatic heterocycles. The number of phenolic OH excluding ortho intramolecular Hbond substituents is 2. The zero-order valence-electron chi connectivity index (χ0n) is 49.5. The Hall–Kier alpha value is -5.35. The number of aromatic hydroxyl groups is 2. The molecule has 7 rings (SSSR count). The molecule has 0 spiro atoms. The largest absolute Gasteiger partial charge is 0.507 e. The number of fused-ring (bicyclic) bond motifs is 4. The summed E-state index contributed by atoms with van der Waals surface area (Å²) in [4.78, 5) is 13.3. The molecule has 10 nitrogen and oxygen atoms in total. The molecule has 1 heterocycles. The molecule has 1 aliphatic heterocycles. The van der Waals surface area contributed by atoms with Gasteiger partial charge in [-0.2, -0.15) is 0 Å². The van der Waals surface area contributed by atoms with Gasteiger partial charge >= 0.3 is 5.97 Å². The Morgan fingerprint density at radius 1 is 0.519 bits per heavy atom. The predicted molar refractivity (Wildman–Crippen MR) is 308 cm³/mol. The number of benzene rings is 4. The van der Waals surface area contributed by atoms with Gasteiger partial charge in [-0.05, 0) is 118 Å². The van der Waals surface area contributed by atoms with Gasteiger partial charge in [0.1, 0.15) is 35.7 Å². The fourth-order valence-electron chi connectivity index (χ4n) is 10.2. The van der Waals surface area contributed by atoms with Gasteiger partial charge in [0.15, 0.2) is 6.61 Å². The number of hydrogen-bond acceptors (Lipinski definition) is 10. The highest BCUT2D eigenvalue weighted by molar-refractivity contribution is 5.71. The summed E-state index contributed by atoms with van der Waals surface area (Å²) in [5.74, 6) is 1.19. The average molecular weight is 1060 g/mol. The van der Waals surface area contributed by atoms with Gasteiger partial charge < -0.3 is 43.4 Å². The first kappa shape index (κ1) is 59.3. The number of phenols is 2. The van der Waals surface area contributed by atoms with Crippen LogP contribution in [-0.4, -0.2) is 88.4 Å². The lowest BCUT2D eigenvalue weighted by atomic mass is 9.77. The van der Waals surface area contributed by atoms with Crippen molar-refractivity contribution < 1.29 is 48.2 Å². The highest BCUT2D eigenvalue weighted by Gasteiger charge is 2.33. The zero-order valence-corrected chi connectivity index (χ0v) is 49.5. The Morgan fingerprint density at radius 2 is 0.909 bits per heavy atom. The van der Waals surface area contributed by atoms with E-state index in [9.17, 15) is 15.0 Å². The molecule has 1 atom stereocenters. The van der Waals surface area contributed by atoms with Crippen LogP contribution in [0.1, 0.15) is 178 Å². The third kappa shape index (κ3) is 15.1. The molecular formula is C67H90O10. The maximum Gasteiger partial charge on any atom is 0.344 e. The standard InChI is InChI=1S/C67H90O10/c1-17-74-57(68)41-77-62-49-29-45-34-53(64(5,6)7)32-43(59(45)70)27-47-36-54(65(8,9)10)35-46-26-42-31-52(63(2,3)4)33-44(58(42)69)28-48-37-55(66(11,12)13)39-50(30-51(62)40-56(38-49)67(14,15)16)61(48)76-25-23-73-21-19-71-18-20-72-22-24-75-60(46)47/h31-35,37-40,60,69-70H,17-30,41H2,1-16H3. The number of carbonyl (C=O) groups excluding carboxylic acids is 1. The maximum atomic E-state index is 13.3. The zero-order chi connectivity index (χ0) is 56.3. The van der Waals surface area contributed by atoms with Gasteiger partial charge in [-0.25, -0.2) is 4.79 Å². The van der Waals surface area contributed by atoms with E-state index in [4.69, 9.17) is 33.2 Å². The van der Waals surface area contributed by atoms with E-state index >= 15 is 0 Å². The van der Waals surface area contributed by atoms with Gasteiger partial charge in [-0.1, -0.05) is 152 Å². The van der Waals surface area contributed by atoms with Crippen LogP contribution < -0.4 is 9.47 Å². The molecule has 4 aromatic rings. The average Bonchev–Trinajstić information content (AvgIpc) is 3.31. The fraction of sp³-hybridized carbons (Fsp3) is 0.552. The molecule has 0 amide bonds. The summed E-state index contributed by atoms with van der Waals surface area (Å²) in [6, 6.07) is 17.4. The van der Waals surface area contributed by atoms with Crippen molar-refractivity contribution in [2.24, 2.45) is 5.41 Å². The van der Waals surface area contributed by atoms with E-state index in [1.54, 1.807) is 6.92 Å². The second-order valence-electron chi connectivity index (χ2n) is 26.5. The monoisotopic (exact) mass is 1050 g/mol. The van der Waals surface area contributed by atoms with Crippen molar-refractivity contribution in [3.8, 4) is 23.0 Å². The molecule has 12 bridgehead atoms. The SMILES string of the molecule is CCOC(=O)COc1c2cc(C(C)(C)C)cc1Cc1cc(C(C)(C)C)cc3c1OCCOCCOCCOCCOC1C(=C=C(C(C)(C)C)C=C1Cc1cc(C(C)(C)C)cc(c1O)C3)Cc1cc(C(C)(C)C)cc(c1O)C2. The van der Waals surface area contributed by atoms with Crippen molar-refractivity contribution >= 4 is 5.97 Å². The van der Waals surface area contributed by atoms with E-state index in [1.807, 2.05) is 0 Å². The number of hydrogen-bond donors (Lipinski definition) is 2. The van der Waals surface area contributed by atoms with E-state index < -0.39 is 12.1 Å². The van der Waals surface area contributed by atoms with E-state index in [-0.39, 0.29) is 65.0 Å². The summed E-state index contributed by atoms with van der Waals surface area (Å²) in [6.07, 6.45) is 3.46. The van der Waals surface area contributed by atoms with E-state index in [0.29, 0.717) is 83.2 Å². The number of rotatable bonds is 4. The van der Waals surface area contributed by atoms with Crippen LogP contribution in [0.5, 0.6) is 23.0 Å². The molecule has 0 saturated carbocycles. The Kier molecular flexibility index (Phi) is 18.4. The first-order chi connectivity index (χ1) is 36.0. The molecule has 2 aliphatic carbocycles. The minimum atomic E-state index is -0.566. The number of carbonyl (C=O) groups is 1. The smallest absolute Gasteiger partial charge is 0.344 e. The topological polar surface area (TPSA) is 122 Å². The highest BCUT2D eigenvalue weighted by Crippen LogP contribution is 2.45. The van der Waals surface area contributed by atoms with Crippen molar-refractivity contribution in [1.29, 1.82) is 0 Å². The fourth-order valence-corrected chi connectivity index (χ4v) is 10.2. The van der Waals surface area contributed by atoms with Crippen LogP contribution in [0, 0.1) is 5.41 Å². The Balaban J connectivity index is 1.63. The minimum Gasteiger partial charge on any atom is -0.507 e. The van der Waals surface area contributed by atoms with E-state index in [0.717, 1.165) is 83.5 Å². The quantitative estimate of drug-likeness (QED) is 0.151. The lowest BCUT2D eigenvalue weighted by Gasteiger charge is -2.31. The Morgan fingerprint density at radius 3 is 1.36 bits per heavy atom. The lowest BCUT2D eigenvalue weighted by molar-refractivity contribution is -0.145. The van der Waals surface area contributed by atoms with Gasteiger partial charge in [-0.15, -0.1) is 5.73 Å². The predicted octanol–water partition coefficient (Wildman–Crippen LogP) is 13.4. The summed E-state index contributed by atoms with van der Waals surface area (Å²) in [6.45, 7) is 37.6. The molecule has 3 aliphatic rings. The Labute approximate surface area is 461 Å². The van der Waals surface area contributed by atoms with E-state index in [2.05, 4.69) is 164 Å². The third-order valence-electron chi connectivity index (χ3n) is 14.9. The second-order valence-corrected chi connectivity index (χ2v) is 26.5. The first-order valence-electron chi connectivity index (χ1n) is 28.0. The number of esters is 1. The summed E-state index contributed by atoms with van der Waals surface area (Å²) in [5.41, 5.74) is 16.2. The molecule has 1 unspecified atom stereocenters. The normalized spacial score (nSPS) is 17.8. The summed E-state index contributed by atoms with van der Waals surface area (Å²) in [5, 5.41) is 25.8. The third-order valence-corrected chi connectivity index (χ3v) is 14.9. The lowest BCUT2D eigenvalue weighted by Crippen LogP contribution is -2.27. The molecule has 77 heavy (non-hydrogen) atoms. The van der Waals surface area contributed by atoms with Crippen molar-refractivity contribution in [1.82, 2.24) is 0 Å². The van der Waals surface area contributed by atoms with Gasteiger partial charge in [0.25, 0.3) is 0 Å². The second kappa shape index (κ2) is 23.9. The van der Waals surface area contributed by atoms with Crippen LogP contribution in [0.3, 0.4) is 0 Å². The molecule has 0 radical (unpaired) electrons. The maximum absolute atomic E-state index is 13.3. The van der Waals surface area contributed by atoms with Gasteiger partial charge in [-0.3, -0.25) is 0 Å². The van der Waals surface area contributed by atoms with Crippen LogP contribution in [0.4, 0.5) is 0 Å². The van der Waals surface area contributed by atoms with Crippen molar-refractivity contribution in [3.05, 3.63) is 144 Å². The molecule has 2 N–H and O–H groups in total. The molecule has 10 heteroatoms. The van der Waals surface area contributed by atoms with Crippen molar-refractivity contribution in [3.63, 3.8) is 0 Å². The van der Waals surface area contributed by atoms with E-state index in [1.165, 1.54) is 0 Å². The van der Waals surface area contributed by atoms with Crippen LogP contribution in [-0.2, 0) is 82.2 Å². The molecule has 4 aromatic carbocycles. The molecular weight excluding hydrogens is 965 g/mol.